The van der Waals surface area contributed by atoms with Crippen LogP contribution in [0.1, 0.15) is 36.2 Å². The van der Waals surface area contributed by atoms with E-state index in [1.54, 1.807) is 43.5 Å². The molecular weight excluding hydrogens is 548 g/mol. The van der Waals surface area contributed by atoms with Crippen LogP contribution in [0.25, 0.3) is 6.08 Å². The van der Waals surface area contributed by atoms with Gasteiger partial charge in [-0.2, -0.15) is 5.01 Å². The highest BCUT2D eigenvalue weighted by molar-refractivity contribution is 9.10. The number of carbonyl (C=O) groups is 2. The standard InChI is InChI=1S/C23H22BrClN2O4S2/c1-13(2)8-9-31-20-16(24)10-14(11-18(20)30-3)12-19-22(29)27(23(32)33-19)26-21(28)15-6-4-5-7-17(15)25/h4-7,10-13H,8-9H2,1-3H3,(H,26,28)/b19-12+. The monoisotopic (exact) mass is 568 g/mol. The van der Waals surface area contributed by atoms with Crippen LogP contribution in [0.15, 0.2) is 45.8 Å². The van der Waals surface area contributed by atoms with Crippen LogP contribution in [-0.4, -0.2) is 34.9 Å². The molecule has 0 atom stereocenters. The summed E-state index contributed by atoms with van der Waals surface area (Å²) < 4.78 is 12.3. The number of amides is 2. The molecule has 1 N–H and O–H groups in total. The second kappa shape index (κ2) is 11.4. The molecule has 1 aliphatic heterocycles. The molecule has 6 nitrogen and oxygen atoms in total. The maximum atomic E-state index is 12.9. The second-order valence-electron chi connectivity index (χ2n) is 7.50. The van der Waals surface area contributed by atoms with E-state index in [0.29, 0.717) is 39.0 Å². The van der Waals surface area contributed by atoms with Crippen molar-refractivity contribution in [3.05, 3.63) is 61.9 Å². The van der Waals surface area contributed by atoms with Crippen LogP contribution < -0.4 is 14.9 Å². The minimum Gasteiger partial charge on any atom is -0.493 e. The van der Waals surface area contributed by atoms with Crippen molar-refractivity contribution in [1.82, 2.24) is 10.4 Å². The van der Waals surface area contributed by atoms with E-state index in [1.807, 2.05) is 6.07 Å². The summed E-state index contributed by atoms with van der Waals surface area (Å²) in [6.07, 6.45) is 2.60. The van der Waals surface area contributed by atoms with Crippen LogP contribution in [0.3, 0.4) is 0 Å². The number of carbonyl (C=O) groups excluding carboxylic acids is 2. The van der Waals surface area contributed by atoms with Gasteiger partial charge < -0.3 is 9.47 Å². The number of nitrogens with one attached hydrogen (secondary N) is 1. The topological polar surface area (TPSA) is 67.9 Å². The van der Waals surface area contributed by atoms with Crippen molar-refractivity contribution in [2.75, 3.05) is 13.7 Å². The summed E-state index contributed by atoms with van der Waals surface area (Å²) >= 11 is 16.0. The van der Waals surface area contributed by atoms with Crippen LogP contribution in [0.2, 0.25) is 5.02 Å². The Morgan fingerprint density at radius 2 is 2.06 bits per heavy atom. The number of benzene rings is 2. The normalized spacial score (nSPS) is 14.8. The smallest absolute Gasteiger partial charge is 0.285 e. The minimum absolute atomic E-state index is 0.214. The zero-order valence-corrected chi connectivity index (χ0v) is 22.2. The number of thiocarbonyl (C=S) groups is 1. The third kappa shape index (κ3) is 6.29. The number of hydrogen-bond donors (Lipinski definition) is 1. The van der Waals surface area contributed by atoms with Crippen LogP contribution >= 0.6 is 51.5 Å². The molecule has 0 aromatic heterocycles. The largest absolute Gasteiger partial charge is 0.493 e. The maximum Gasteiger partial charge on any atom is 0.285 e. The third-order valence-electron chi connectivity index (χ3n) is 4.62. The van der Waals surface area contributed by atoms with Gasteiger partial charge in [0.1, 0.15) is 0 Å². The summed E-state index contributed by atoms with van der Waals surface area (Å²) in [7, 11) is 1.56. The molecule has 1 fully saturated rings. The first-order chi connectivity index (χ1) is 15.7. The number of ether oxygens (including phenoxy) is 2. The lowest BCUT2D eigenvalue weighted by Gasteiger charge is -2.16. The van der Waals surface area contributed by atoms with Gasteiger partial charge in [0.25, 0.3) is 11.8 Å². The van der Waals surface area contributed by atoms with Crippen molar-refractivity contribution in [3.63, 3.8) is 0 Å². The van der Waals surface area contributed by atoms with Gasteiger partial charge in [0.15, 0.2) is 15.8 Å². The Balaban J connectivity index is 1.79. The molecule has 2 aromatic rings. The van der Waals surface area contributed by atoms with Gasteiger partial charge in [0, 0.05) is 0 Å². The first kappa shape index (κ1) is 25.6. The first-order valence-corrected chi connectivity index (χ1v) is 12.4. The van der Waals surface area contributed by atoms with Crippen molar-refractivity contribution in [2.24, 2.45) is 5.92 Å². The number of hydrazine groups is 1. The van der Waals surface area contributed by atoms with Crippen molar-refractivity contribution in [2.45, 2.75) is 20.3 Å². The molecule has 2 amide bonds. The highest BCUT2D eigenvalue weighted by atomic mass is 79.9. The Bertz CT molecular complexity index is 1120. The van der Waals surface area contributed by atoms with E-state index < -0.39 is 11.8 Å². The molecule has 1 aliphatic rings. The van der Waals surface area contributed by atoms with Crippen molar-refractivity contribution >= 4 is 73.7 Å². The summed E-state index contributed by atoms with van der Waals surface area (Å²) in [5.74, 6) is 0.717. The molecule has 0 unspecified atom stereocenters. The van der Waals surface area contributed by atoms with Crippen molar-refractivity contribution in [1.29, 1.82) is 0 Å². The summed E-state index contributed by atoms with van der Waals surface area (Å²) in [6.45, 7) is 4.83. The summed E-state index contributed by atoms with van der Waals surface area (Å²) in [5.41, 5.74) is 3.49. The van der Waals surface area contributed by atoms with Gasteiger partial charge in [-0.3, -0.25) is 15.0 Å². The lowest BCUT2D eigenvalue weighted by Crippen LogP contribution is -2.44. The quantitative estimate of drug-likeness (QED) is 0.307. The average Bonchev–Trinajstić information content (AvgIpc) is 3.02. The van der Waals surface area contributed by atoms with Crippen LogP contribution in [0.4, 0.5) is 0 Å². The molecular formula is C23H22BrClN2O4S2. The zero-order valence-electron chi connectivity index (χ0n) is 18.2. The molecule has 1 saturated heterocycles. The lowest BCUT2D eigenvalue weighted by molar-refractivity contribution is -0.123. The van der Waals surface area contributed by atoms with Gasteiger partial charge in [-0.25, -0.2) is 0 Å². The number of rotatable bonds is 8. The molecule has 2 aromatic carbocycles. The molecule has 0 saturated carbocycles. The van der Waals surface area contributed by atoms with Gasteiger partial charge in [-0.05, 0) is 76.4 Å². The van der Waals surface area contributed by atoms with Gasteiger partial charge in [0.05, 0.1) is 33.7 Å². The molecule has 0 aliphatic carbocycles. The number of thioether (sulfide) groups is 1. The van der Waals surface area contributed by atoms with E-state index in [2.05, 4.69) is 35.2 Å². The van der Waals surface area contributed by atoms with E-state index in [-0.39, 0.29) is 14.9 Å². The maximum absolute atomic E-state index is 12.9. The minimum atomic E-state index is -0.523. The fraction of sp³-hybridized carbons (Fsp3) is 0.261. The van der Waals surface area contributed by atoms with Crippen molar-refractivity contribution in [3.8, 4) is 11.5 Å². The highest BCUT2D eigenvalue weighted by Gasteiger charge is 2.34. The Morgan fingerprint density at radius 3 is 2.73 bits per heavy atom. The van der Waals surface area contributed by atoms with Gasteiger partial charge in [0.2, 0.25) is 0 Å². The number of nitrogens with zero attached hydrogens (tertiary/aromatic N) is 1. The summed E-state index contributed by atoms with van der Waals surface area (Å²) in [6, 6.07) is 10.2. The summed E-state index contributed by atoms with van der Waals surface area (Å²) in [4.78, 5) is 25.8. The number of hydrogen-bond acceptors (Lipinski definition) is 6. The number of methoxy groups -OCH3 is 1. The predicted molar refractivity (Wildman–Crippen MR) is 140 cm³/mol. The SMILES string of the molecule is COc1cc(/C=C2/SC(=S)N(NC(=O)c3ccccc3Cl)C2=O)cc(Br)c1OCCC(C)C. The predicted octanol–water partition coefficient (Wildman–Crippen LogP) is 6.08. The van der Waals surface area contributed by atoms with Crippen molar-refractivity contribution < 1.29 is 19.1 Å². The molecule has 0 radical (unpaired) electrons. The van der Waals surface area contributed by atoms with Crippen LogP contribution in [-0.2, 0) is 4.79 Å². The fourth-order valence-electron chi connectivity index (χ4n) is 2.88. The van der Waals surface area contributed by atoms with Gasteiger partial charge in [-0.15, -0.1) is 0 Å². The molecule has 10 heteroatoms. The Labute approximate surface area is 215 Å². The molecule has 0 spiro atoms. The van der Waals surface area contributed by atoms with E-state index in [0.717, 1.165) is 23.2 Å². The number of halogens is 2. The Kier molecular flexibility index (Phi) is 8.81. The molecule has 174 valence electrons. The molecule has 0 bridgehead atoms. The molecule has 1 heterocycles. The third-order valence-corrected chi connectivity index (χ3v) is 6.84. The van der Waals surface area contributed by atoms with Gasteiger partial charge in [-0.1, -0.05) is 49.3 Å². The van der Waals surface area contributed by atoms with Crippen LogP contribution in [0.5, 0.6) is 11.5 Å². The first-order valence-electron chi connectivity index (χ1n) is 10.0. The lowest BCUT2D eigenvalue weighted by atomic mass is 10.1. The summed E-state index contributed by atoms with van der Waals surface area (Å²) in [5, 5.41) is 1.33. The average molecular weight is 570 g/mol. The second-order valence-corrected chi connectivity index (χ2v) is 10.4. The van der Waals surface area contributed by atoms with E-state index in [9.17, 15) is 9.59 Å². The van der Waals surface area contributed by atoms with E-state index >= 15 is 0 Å². The Hall–Kier alpha value is -2.07. The fourth-order valence-corrected chi connectivity index (χ4v) is 4.86. The van der Waals surface area contributed by atoms with Crippen LogP contribution in [0, 0.1) is 5.92 Å². The molecule has 3 rings (SSSR count). The zero-order chi connectivity index (χ0) is 24.1. The van der Waals surface area contributed by atoms with E-state index in [1.165, 1.54) is 0 Å². The molecule has 33 heavy (non-hydrogen) atoms. The highest BCUT2D eigenvalue weighted by Crippen LogP contribution is 2.39. The van der Waals surface area contributed by atoms with Gasteiger partial charge >= 0.3 is 0 Å². The Morgan fingerprint density at radius 1 is 1.33 bits per heavy atom. The van der Waals surface area contributed by atoms with E-state index in [4.69, 9.17) is 33.3 Å².